The van der Waals surface area contributed by atoms with Gasteiger partial charge in [-0.15, -0.1) is 0 Å². The van der Waals surface area contributed by atoms with Crippen molar-refractivity contribution in [3.8, 4) is 0 Å². The molecule has 26 heavy (non-hydrogen) atoms. The predicted molar refractivity (Wildman–Crippen MR) is 96.8 cm³/mol. The first-order valence-corrected chi connectivity index (χ1v) is 9.35. The van der Waals surface area contributed by atoms with Crippen LogP contribution in [0.15, 0.2) is 30.3 Å². The summed E-state index contributed by atoms with van der Waals surface area (Å²) >= 11 is 1.51. The van der Waals surface area contributed by atoms with Gasteiger partial charge in [0.05, 0.1) is 6.61 Å². The first kappa shape index (κ1) is 21.5. The zero-order valence-electron chi connectivity index (χ0n) is 14.7. The van der Waals surface area contributed by atoms with Gasteiger partial charge in [-0.25, -0.2) is 9.59 Å². The Hall–Kier alpha value is -2.55. The van der Waals surface area contributed by atoms with Crippen LogP contribution in [0.5, 0.6) is 0 Å². The third-order valence-electron chi connectivity index (χ3n) is 3.10. The molecule has 9 heteroatoms. The first-order valence-electron chi connectivity index (χ1n) is 7.96. The molecule has 2 N–H and O–H groups in total. The van der Waals surface area contributed by atoms with Crippen molar-refractivity contribution in [2.24, 2.45) is 0 Å². The summed E-state index contributed by atoms with van der Waals surface area (Å²) in [5.74, 6) is -1.36. The van der Waals surface area contributed by atoms with E-state index in [9.17, 15) is 19.2 Å². The van der Waals surface area contributed by atoms with E-state index in [4.69, 9.17) is 4.74 Å². The van der Waals surface area contributed by atoms with Crippen LogP contribution in [-0.4, -0.2) is 55.1 Å². The number of ether oxygens (including phenoxy) is 2. The maximum Gasteiger partial charge on any atom is 0.413 e. The van der Waals surface area contributed by atoms with Crippen LogP contribution in [-0.2, 0) is 19.1 Å². The van der Waals surface area contributed by atoms with Gasteiger partial charge in [0.15, 0.2) is 6.61 Å². The van der Waals surface area contributed by atoms with E-state index in [1.165, 1.54) is 11.8 Å². The third-order valence-corrected chi connectivity index (χ3v) is 3.74. The van der Waals surface area contributed by atoms with Crippen LogP contribution in [0.1, 0.15) is 23.7 Å². The van der Waals surface area contributed by atoms with Crippen molar-refractivity contribution in [2.45, 2.75) is 19.4 Å². The fourth-order valence-corrected chi connectivity index (χ4v) is 2.34. The number of thioether (sulfide) groups is 1. The number of amides is 3. The number of hydrogen-bond acceptors (Lipinski definition) is 7. The molecule has 0 heterocycles. The lowest BCUT2D eigenvalue weighted by Crippen LogP contribution is -2.43. The van der Waals surface area contributed by atoms with Crippen LogP contribution in [0.4, 0.5) is 4.79 Å². The summed E-state index contributed by atoms with van der Waals surface area (Å²) in [6.07, 6.45) is 1.30. The van der Waals surface area contributed by atoms with Gasteiger partial charge in [-0.1, -0.05) is 18.2 Å². The van der Waals surface area contributed by atoms with E-state index in [0.29, 0.717) is 17.7 Å². The SMILES string of the molecule is CCOC(=O)NC(=O)COC(=O)[C@H](CCSC)NC(=O)c1ccccc1. The summed E-state index contributed by atoms with van der Waals surface area (Å²) in [6, 6.07) is 7.55. The molecule has 0 saturated carbocycles. The Morgan fingerprint density at radius 2 is 1.81 bits per heavy atom. The molecule has 0 unspecified atom stereocenters. The van der Waals surface area contributed by atoms with Crippen LogP contribution in [0.2, 0.25) is 0 Å². The molecule has 142 valence electrons. The van der Waals surface area contributed by atoms with Crippen LogP contribution in [0.25, 0.3) is 0 Å². The highest BCUT2D eigenvalue weighted by molar-refractivity contribution is 7.98. The third kappa shape index (κ3) is 8.02. The molecule has 0 aliphatic heterocycles. The normalized spacial score (nSPS) is 11.2. The Balaban J connectivity index is 2.58. The second-order valence-electron chi connectivity index (χ2n) is 5.05. The highest BCUT2D eigenvalue weighted by atomic mass is 32.2. The number of imide groups is 1. The van der Waals surface area contributed by atoms with Crippen LogP contribution < -0.4 is 10.6 Å². The fraction of sp³-hybridized carbons (Fsp3) is 0.412. The summed E-state index contributed by atoms with van der Waals surface area (Å²) in [6.45, 7) is 1.06. The molecule has 0 saturated heterocycles. The fourth-order valence-electron chi connectivity index (χ4n) is 1.87. The molecule has 0 radical (unpaired) electrons. The lowest BCUT2D eigenvalue weighted by Gasteiger charge is -2.17. The standard InChI is InChI=1S/C17H22N2O6S/c1-3-24-17(23)19-14(20)11-25-16(22)13(9-10-26-2)18-15(21)12-7-5-4-6-8-12/h4-8,13H,3,9-11H2,1-2H3,(H,18,21)(H,19,20,23)/t13-/m0/s1. The monoisotopic (exact) mass is 382 g/mol. The molecule has 0 spiro atoms. The van der Waals surface area contributed by atoms with E-state index in [-0.39, 0.29) is 6.61 Å². The largest absolute Gasteiger partial charge is 0.454 e. The second kappa shape index (κ2) is 11.9. The number of benzene rings is 1. The van der Waals surface area contributed by atoms with Crippen molar-refractivity contribution in [1.29, 1.82) is 0 Å². The van der Waals surface area contributed by atoms with E-state index in [0.717, 1.165) is 0 Å². The highest BCUT2D eigenvalue weighted by Gasteiger charge is 2.23. The Morgan fingerprint density at radius 3 is 2.42 bits per heavy atom. The van der Waals surface area contributed by atoms with Crippen molar-refractivity contribution >= 4 is 35.6 Å². The molecule has 3 amide bonds. The molecule has 0 aliphatic rings. The molecule has 0 fully saturated rings. The molecule has 0 aromatic heterocycles. The number of hydrogen-bond donors (Lipinski definition) is 2. The van der Waals surface area contributed by atoms with E-state index in [1.54, 1.807) is 37.3 Å². The summed E-state index contributed by atoms with van der Waals surface area (Å²) in [7, 11) is 0. The first-order chi connectivity index (χ1) is 12.5. The molecule has 8 nitrogen and oxygen atoms in total. The van der Waals surface area contributed by atoms with Crippen molar-refractivity contribution in [2.75, 3.05) is 25.2 Å². The van der Waals surface area contributed by atoms with Gasteiger partial charge >= 0.3 is 12.1 Å². The van der Waals surface area contributed by atoms with E-state index >= 15 is 0 Å². The Morgan fingerprint density at radius 1 is 1.12 bits per heavy atom. The quantitative estimate of drug-likeness (QED) is 0.620. The topological polar surface area (TPSA) is 111 Å². The van der Waals surface area contributed by atoms with Crippen molar-refractivity contribution in [3.63, 3.8) is 0 Å². The average Bonchev–Trinajstić information content (AvgIpc) is 2.63. The zero-order chi connectivity index (χ0) is 19.4. The van der Waals surface area contributed by atoms with Gasteiger partial charge in [0.25, 0.3) is 11.8 Å². The minimum Gasteiger partial charge on any atom is -0.454 e. The molecular weight excluding hydrogens is 360 g/mol. The number of rotatable bonds is 9. The Bertz CT molecular complexity index is 623. The molecule has 1 aromatic rings. The van der Waals surface area contributed by atoms with Gasteiger partial charge in [-0.2, -0.15) is 11.8 Å². The number of nitrogens with one attached hydrogen (secondary N) is 2. The van der Waals surface area contributed by atoms with Gasteiger partial charge < -0.3 is 14.8 Å². The Kier molecular flexibility index (Phi) is 9.85. The number of esters is 1. The van der Waals surface area contributed by atoms with E-state index in [2.05, 4.69) is 10.1 Å². The summed E-state index contributed by atoms with van der Waals surface area (Å²) in [5, 5.41) is 4.52. The van der Waals surface area contributed by atoms with Crippen molar-refractivity contribution in [1.82, 2.24) is 10.6 Å². The lowest BCUT2D eigenvalue weighted by atomic mass is 10.1. The second-order valence-corrected chi connectivity index (χ2v) is 6.04. The lowest BCUT2D eigenvalue weighted by molar-refractivity contribution is -0.150. The molecule has 0 aliphatic carbocycles. The molecule has 1 aromatic carbocycles. The van der Waals surface area contributed by atoms with Gasteiger partial charge in [0.1, 0.15) is 6.04 Å². The smallest absolute Gasteiger partial charge is 0.413 e. The highest BCUT2D eigenvalue weighted by Crippen LogP contribution is 2.05. The van der Waals surface area contributed by atoms with Gasteiger partial charge in [-0.05, 0) is 37.5 Å². The predicted octanol–water partition coefficient (Wildman–Crippen LogP) is 1.35. The number of carbonyl (C=O) groups excluding carboxylic acids is 4. The van der Waals surface area contributed by atoms with Crippen molar-refractivity contribution in [3.05, 3.63) is 35.9 Å². The molecule has 0 bridgehead atoms. The van der Waals surface area contributed by atoms with E-state index in [1.807, 2.05) is 11.6 Å². The zero-order valence-corrected chi connectivity index (χ0v) is 15.5. The summed E-state index contributed by atoms with van der Waals surface area (Å²) in [4.78, 5) is 47.1. The summed E-state index contributed by atoms with van der Waals surface area (Å²) in [5.41, 5.74) is 0.412. The maximum atomic E-state index is 12.2. The van der Waals surface area contributed by atoms with Crippen LogP contribution in [0.3, 0.4) is 0 Å². The maximum absolute atomic E-state index is 12.2. The van der Waals surface area contributed by atoms with E-state index < -0.39 is 36.5 Å². The van der Waals surface area contributed by atoms with Gasteiger partial charge in [-0.3, -0.25) is 14.9 Å². The van der Waals surface area contributed by atoms with Crippen molar-refractivity contribution < 1.29 is 28.7 Å². The molecule has 1 atom stereocenters. The van der Waals surface area contributed by atoms with Crippen LogP contribution >= 0.6 is 11.8 Å². The molecular formula is C17H22N2O6S. The Labute approximate surface area is 156 Å². The minimum absolute atomic E-state index is 0.112. The van der Waals surface area contributed by atoms with Gasteiger partial charge in [0.2, 0.25) is 0 Å². The molecule has 1 rings (SSSR count). The summed E-state index contributed by atoms with van der Waals surface area (Å²) < 4.78 is 9.45. The number of alkyl carbamates (subject to hydrolysis) is 1. The number of carbonyl (C=O) groups is 4. The minimum atomic E-state index is -0.912. The van der Waals surface area contributed by atoms with Gasteiger partial charge in [0, 0.05) is 5.56 Å². The van der Waals surface area contributed by atoms with Crippen LogP contribution in [0, 0.1) is 0 Å². The average molecular weight is 382 g/mol.